The van der Waals surface area contributed by atoms with Crippen LogP contribution in [0.1, 0.15) is 13.8 Å². The van der Waals surface area contributed by atoms with Gasteiger partial charge in [-0.05, 0) is 32.0 Å². The summed E-state index contributed by atoms with van der Waals surface area (Å²) < 4.78 is 16.6. The highest BCUT2D eigenvalue weighted by molar-refractivity contribution is 6.30. The Bertz CT molecular complexity index is 723. The van der Waals surface area contributed by atoms with Crippen LogP contribution in [-0.2, 0) is 0 Å². The largest absolute Gasteiger partial charge is 0.494 e. The van der Waals surface area contributed by atoms with E-state index >= 15 is 0 Å². The van der Waals surface area contributed by atoms with E-state index in [0.717, 1.165) is 5.75 Å². The summed E-state index contributed by atoms with van der Waals surface area (Å²) in [5.74, 6) is 2.14. The van der Waals surface area contributed by atoms with Crippen molar-refractivity contribution in [3.05, 3.63) is 41.6 Å². The lowest BCUT2D eigenvalue weighted by Gasteiger charge is -2.14. The van der Waals surface area contributed by atoms with E-state index in [2.05, 4.69) is 15.3 Å². The average Bonchev–Trinajstić information content (AvgIpc) is 2.63. The fraction of sp³-hybridized carbons (Fsp3) is 0.333. The Hall–Kier alpha value is -2.67. The highest BCUT2D eigenvalue weighted by Gasteiger charge is 2.07. The molecule has 0 bridgehead atoms. The summed E-state index contributed by atoms with van der Waals surface area (Å²) in [6, 6.07) is 8.91. The topological polar surface area (TPSA) is 91.0 Å². The van der Waals surface area contributed by atoms with Crippen molar-refractivity contribution in [2.24, 2.45) is 10.7 Å². The number of hydrogen-bond donors (Lipinski definition) is 2. The second kappa shape index (κ2) is 10.4. The maximum atomic E-state index is 5.95. The summed E-state index contributed by atoms with van der Waals surface area (Å²) in [6.45, 7) is 5.68. The van der Waals surface area contributed by atoms with Gasteiger partial charge in [-0.1, -0.05) is 11.6 Å². The fourth-order valence-electron chi connectivity index (χ4n) is 2.09. The first-order valence-electron chi connectivity index (χ1n) is 8.33. The fourth-order valence-corrected chi connectivity index (χ4v) is 2.20. The van der Waals surface area contributed by atoms with E-state index in [4.69, 9.17) is 31.5 Å². The number of guanidine groups is 1. The van der Waals surface area contributed by atoms with Gasteiger partial charge in [-0.25, -0.2) is 9.98 Å². The quantitative estimate of drug-likeness (QED) is 0.395. The molecule has 0 fully saturated rings. The van der Waals surface area contributed by atoms with Crippen LogP contribution in [0.4, 0.5) is 5.69 Å². The van der Waals surface area contributed by atoms with Gasteiger partial charge < -0.3 is 25.3 Å². The lowest BCUT2D eigenvalue weighted by molar-refractivity contribution is 0.316. The van der Waals surface area contributed by atoms with E-state index < -0.39 is 0 Å². The van der Waals surface area contributed by atoms with Gasteiger partial charge in [0.15, 0.2) is 5.96 Å². The van der Waals surface area contributed by atoms with Gasteiger partial charge in [-0.3, -0.25) is 0 Å². The van der Waals surface area contributed by atoms with Crippen molar-refractivity contribution in [2.45, 2.75) is 13.8 Å². The van der Waals surface area contributed by atoms with Crippen molar-refractivity contribution >= 4 is 23.2 Å². The van der Waals surface area contributed by atoms with Gasteiger partial charge in [-0.15, -0.1) is 0 Å². The number of nitrogens with zero attached hydrogens (tertiary/aromatic N) is 2. The van der Waals surface area contributed by atoms with Crippen LogP contribution in [0.15, 0.2) is 41.5 Å². The minimum absolute atomic E-state index is 0.257. The number of benzene rings is 1. The van der Waals surface area contributed by atoms with E-state index in [9.17, 15) is 0 Å². The number of anilines is 1. The van der Waals surface area contributed by atoms with Gasteiger partial charge in [0, 0.05) is 18.3 Å². The van der Waals surface area contributed by atoms with E-state index in [0.29, 0.717) is 48.7 Å². The summed E-state index contributed by atoms with van der Waals surface area (Å²) >= 11 is 5.77. The number of ether oxygens (including phenoxy) is 3. The summed E-state index contributed by atoms with van der Waals surface area (Å²) in [5, 5.41) is 3.59. The molecule has 1 aromatic carbocycles. The summed E-state index contributed by atoms with van der Waals surface area (Å²) in [6.07, 6.45) is 1.52. The highest BCUT2D eigenvalue weighted by atomic mass is 35.5. The molecule has 8 heteroatoms. The van der Waals surface area contributed by atoms with Crippen molar-refractivity contribution < 1.29 is 14.2 Å². The third kappa shape index (κ3) is 6.33. The molecule has 1 heterocycles. The third-order valence-electron chi connectivity index (χ3n) is 3.15. The van der Waals surface area contributed by atoms with Crippen molar-refractivity contribution in [3.63, 3.8) is 0 Å². The number of halogens is 1. The van der Waals surface area contributed by atoms with Gasteiger partial charge in [-0.2, -0.15) is 0 Å². The average molecular weight is 379 g/mol. The smallest absolute Gasteiger partial charge is 0.213 e. The standard InChI is InChI=1S/C18H23ClN4O3/c1-3-24-14-6-7-16(25-4-2)15(11-14)23-18(20)21-9-10-26-17-8-5-13(19)12-22-17/h5-8,11-12H,3-4,9-10H2,1-2H3,(H3,20,21,23). The van der Waals surface area contributed by atoms with Gasteiger partial charge in [0.25, 0.3) is 0 Å². The maximum absolute atomic E-state index is 5.95. The first kappa shape index (κ1) is 19.7. The van der Waals surface area contributed by atoms with Crippen LogP contribution in [0.3, 0.4) is 0 Å². The maximum Gasteiger partial charge on any atom is 0.213 e. The number of nitrogens with one attached hydrogen (secondary N) is 1. The number of aromatic nitrogens is 1. The Balaban J connectivity index is 1.92. The Labute approximate surface area is 158 Å². The molecule has 26 heavy (non-hydrogen) atoms. The normalized spacial score (nSPS) is 11.1. The molecule has 3 N–H and O–H groups in total. The predicted octanol–water partition coefficient (Wildman–Crippen LogP) is 3.34. The number of rotatable bonds is 9. The monoisotopic (exact) mass is 378 g/mol. The number of pyridine rings is 1. The van der Waals surface area contributed by atoms with Crippen LogP contribution in [0.5, 0.6) is 17.4 Å². The molecule has 0 saturated heterocycles. The molecular formula is C18H23ClN4O3. The number of aliphatic imine (C=N–C) groups is 1. The first-order valence-corrected chi connectivity index (χ1v) is 8.71. The highest BCUT2D eigenvalue weighted by Crippen LogP contribution is 2.29. The molecule has 0 radical (unpaired) electrons. The Kier molecular flexibility index (Phi) is 7.82. The van der Waals surface area contributed by atoms with Crippen LogP contribution in [-0.4, -0.2) is 37.3 Å². The van der Waals surface area contributed by atoms with Crippen LogP contribution in [0.25, 0.3) is 0 Å². The molecular weight excluding hydrogens is 356 g/mol. The lowest BCUT2D eigenvalue weighted by atomic mass is 10.2. The van der Waals surface area contributed by atoms with Gasteiger partial charge in [0.2, 0.25) is 5.88 Å². The zero-order valence-corrected chi connectivity index (χ0v) is 15.6. The number of hydrogen-bond acceptors (Lipinski definition) is 5. The molecule has 7 nitrogen and oxygen atoms in total. The van der Waals surface area contributed by atoms with Crippen LogP contribution in [0, 0.1) is 0 Å². The Morgan fingerprint density at radius 2 is 1.96 bits per heavy atom. The zero-order valence-electron chi connectivity index (χ0n) is 14.9. The molecule has 2 aromatic rings. The summed E-state index contributed by atoms with van der Waals surface area (Å²) in [5.41, 5.74) is 6.64. The van der Waals surface area contributed by atoms with E-state index in [1.54, 1.807) is 12.1 Å². The Morgan fingerprint density at radius 3 is 2.65 bits per heavy atom. The molecule has 1 aromatic heterocycles. The molecule has 2 rings (SSSR count). The van der Waals surface area contributed by atoms with Crippen LogP contribution in [0.2, 0.25) is 5.02 Å². The van der Waals surface area contributed by atoms with Crippen LogP contribution < -0.4 is 25.3 Å². The minimum Gasteiger partial charge on any atom is -0.494 e. The van der Waals surface area contributed by atoms with Crippen molar-refractivity contribution in [1.82, 2.24) is 4.98 Å². The van der Waals surface area contributed by atoms with Gasteiger partial charge >= 0.3 is 0 Å². The van der Waals surface area contributed by atoms with Crippen LogP contribution >= 0.6 is 11.6 Å². The van der Waals surface area contributed by atoms with Gasteiger partial charge in [0.05, 0.1) is 30.5 Å². The number of nitrogens with two attached hydrogens (primary N) is 1. The molecule has 0 spiro atoms. The molecule has 0 aliphatic heterocycles. The second-order valence-corrected chi connectivity index (χ2v) is 5.52. The van der Waals surface area contributed by atoms with E-state index in [1.165, 1.54) is 6.20 Å². The van der Waals surface area contributed by atoms with Gasteiger partial charge in [0.1, 0.15) is 18.1 Å². The SMILES string of the molecule is CCOc1ccc(OCC)c(NC(N)=NCCOc2ccc(Cl)cn2)c1. The molecule has 0 unspecified atom stereocenters. The zero-order chi connectivity index (χ0) is 18.8. The van der Waals surface area contributed by atoms with E-state index in [-0.39, 0.29) is 5.96 Å². The molecule has 0 aliphatic carbocycles. The van der Waals surface area contributed by atoms with E-state index in [1.807, 2.05) is 32.0 Å². The van der Waals surface area contributed by atoms with Crippen molar-refractivity contribution in [3.8, 4) is 17.4 Å². The molecule has 0 saturated carbocycles. The van der Waals surface area contributed by atoms with Crippen molar-refractivity contribution in [2.75, 3.05) is 31.7 Å². The predicted molar refractivity (Wildman–Crippen MR) is 104 cm³/mol. The summed E-state index contributed by atoms with van der Waals surface area (Å²) in [4.78, 5) is 8.28. The second-order valence-electron chi connectivity index (χ2n) is 5.08. The minimum atomic E-state index is 0.257. The summed E-state index contributed by atoms with van der Waals surface area (Å²) in [7, 11) is 0. The van der Waals surface area contributed by atoms with Crippen molar-refractivity contribution in [1.29, 1.82) is 0 Å². The third-order valence-corrected chi connectivity index (χ3v) is 3.37. The first-order chi connectivity index (χ1) is 12.6. The molecule has 0 atom stereocenters. The molecule has 0 aliphatic rings. The molecule has 140 valence electrons. The Morgan fingerprint density at radius 1 is 1.15 bits per heavy atom. The molecule has 0 amide bonds. The lowest BCUT2D eigenvalue weighted by Crippen LogP contribution is -2.24.